The highest BCUT2D eigenvalue weighted by Crippen LogP contribution is 2.24. The lowest BCUT2D eigenvalue weighted by atomic mass is 10.0. The summed E-state index contributed by atoms with van der Waals surface area (Å²) in [7, 11) is 0. The van der Waals surface area contributed by atoms with Gasteiger partial charge in [-0.3, -0.25) is 9.69 Å². The van der Waals surface area contributed by atoms with E-state index in [1.807, 2.05) is 4.90 Å². The fourth-order valence-corrected chi connectivity index (χ4v) is 3.81. The number of alkyl halides is 3. The van der Waals surface area contributed by atoms with Gasteiger partial charge in [0.05, 0.1) is 19.3 Å². The number of nitrogens with zero attached hydrogens (tertiary/aromatic N) is 4. The highest BCUT2D eigenvalue weighted by Gasteiger charge is 2.40. The zero-order chi connectivity index (χ0) is 18.7. The van der Waals surface area contributed by atoms with Crippen LogP contribution in [0.2, 0.25) is 0 Å². The van der Waals surface area contributed by atoms with Crippen molar-refractivity contribution >= 4 is 11.9 Å². The summed E-state index contributed by atoms with van der Waals surface area (Å²) in [4.78, 5) is 31.3. The fraction of sp³-hybridized carbons (Fsp3) is 0.875. The van der Waals surface area contributed by atoms with E-state index >= 15 is 0 Å². The number of urea groups is 1. The van der Waals surface area contributed by atoms with Gasteiger partial charge in [-0.15, -0.1) is 0 Å². The smallest absolute Gasteiger partial charge is 0.378 e. The van der Waals surface area contributed by atoms with Crippen LogP contribution < -0.4 is 0 Å². The Hall–Kier alpha value is -1.55. The van der Waals surface area contributed by atoms with E-state index in [2.05, 4.69) is 0 Å². The van der Waals surface area contributed by atoms with Gasteiger partial charge >= 0.3 is 12.2 Å². The Balaban J connectivity index is 1.52. The van der Waals surface area contributed by atoms with E-state index in [1.54, 1.807) is 9.80 Å². The van der Waals surface area contributed by atoms with Gasteiger partial charge < -0.3 is 19.4 Å². The van der Waals surface area contributed by atoms with E-state index < -0.39 is 24.7 Å². The van der Waals surface area contributed by atoms with Gasteiger partial charge in [-0.1, -0.05) is 0 Å². The van der Waals surface area contributed by atoms with Crippen LogP contribution in [-0.4, -0.2) is 109 Å². The Kier molecular flexibility index (Phi) is 5.91. The molecule has 0 N–H and O–H groups in total. The zero-order valence-corrected chi connectivity index (χ0v) is 14.7. The van der Waals surface area contributed by atoms with Crippen LogP contribution in [0.5, 0.6) is 0 Å². The summed E-state index contributed by atoms with van der Waals surface area (Å²) in [6.07, 6.45) is -3.23. The van der Waals surface area contributed by atoms with Gasteiger partial charge in [0, 0.05) is 45.8 Å². The Labute approximate surface area is 150 Å². The maximum absolute atomic E-state index is 12.6. The number of ether oxygens (including phenoxy) is 1. The van der Waals surface area contributed by atoms with Crippen molar-refractivity contribution in [3.63, 3.8) is 0 Å². The molecule has 3 amide bonds. The summed E-state index contributed by atoms with van der Waals surface area (Å²) < 4.78 is 43.2. The lowest BCUT2D eigenvalue weighted by Gasteiger charge is -2.43. The number of piperazine rings is 1. The average Bonchev–Trinajstić information content (AvgIpc) is 2.63. The molecule has 0 radical (unpaired) electrons. The van der Waals surface area contributed by atoms with E-state index in [1.165, 1.54) is 0 Å². The number of hydrogen-bond acceptors (Lipinski definition) is 4. The van der Waals surface area contributed by atoms with E-state index in [0.717, 1.165) is 4.90 Å². The summed E-state index contributed by atoms with van der Waals surface area (Å²) in [5.41, 5.74) is 0. The maximum Gasteiger partial charge on any atom is 0.406 e. The lowest BCUT2D eigenvalue weighted by Crippen LogP contribution is -2.60. The molecule has 26 heavy (non-hydrogen) atoms. The number of morpholine rings is 1. The van der Waals surface area contributed by atoms with Crippen molar-refractivity contribution in [2.75, 3.05) is 65.6 Å². The Morgan fingerprint density at radius 3 is 2.23 bits per heavy atom. The number of likely N-dealkylation sites (tertiary alicyclic amines) is 1. The van der Waals surface area contributed by atoms with Crippen molar-refractivity contribution in [1.29, 1.82) is 0 Å². The minimum atomic E-state index is -4.37. The third-order valence-corrected chi connectivity index (χ3v) is 5.18. The van der Waals surface area contributed by atoms with Crippen LogP contribution in [0.1, 0.15) is 12.8 Å². The number of hydrogen-bond donors (Lipinski definition) is 0. The van der Waals surface area contributed by atoms with E-state index in [-0.39, 0.29) is 12.6 Å². The summed E-state index contributed by atoms with van der Waals surface area (Å²) in [5, 5.41) is 0. The first-order chi connectivity index (χ1) is 12.3. The van der Waals surface area contributed by atoms with Crippen molar-refractivity contribution in [2.24, 2.45) is 0 Å². The number of piperidine rings is 1. The standard InChI is InChI=1S/C16H25F3N4O3/c17-16(18,19)12-23-3-1-2-13(14(23)24)20-4-6-21(7-5-20)15(25)22-8-10-26-11-9-22/h13H,1-12H2. The topological polar surface area (TPSA) is 56.3 Å². The van der Waals surface area contributed by atoms with Gasteiger partial charge in [0.2, 0.25) is 5.91 Å². The third kappa shape index (κ3) is 4.59. The maximum atomic E-state index is 12.6. The van der Waals surface area contributed by atoms with Gasteiger partial charge in [0.25, 0.3) is 0 Å². The van der Waals surface area contributed by atoms with E-state index in [9.17, 15) is 22.8 Å². The Bertz CT molecular complexity index is 517. The van der Waals surface area contributed by atoms with Crippen LogP contribution in [0, 0.1) is 0 Å². The molecule has 0 aromatic heterocycles. The molecule has 10 heteroatoms. The number of carbonyl (C=O) groups excluding carboxylic acids is 2. The lowest BCUT2D eigenvalue weighted by molar-refractivity contribution is -0.168. The van der Waals surface area contributed by atoms with Crippen molar-refractivity contribution in [1.82, 2.24) is 19.6 Å². The normalized spacial score (nSPS) is 26.3. The minimum absolute atomic E-state index is 0.0263. The molecular weight excluding hydrogens is 353 g/mol. The molecule has 0 aliphatic carbocycles. The zero-order valence-electron chi connectivity index (χ0n) is 14.7. The molecule has 148 valence electrons. The van der Waals surface area contributed by atoms with Crippen LogP contribution >= 0.6 is 0 Å². The van der Waals surface area contributed by atoms with E-state index in [0.29, 0.717) is 65.3 Å². The minimum Gasteiger partial charge on any atom is -0.378 e. The molecule has 3 saturated heterocycles. The second-order valence-electron chi connectivity index (χ2n) is 6.94. The largest absolute Gasteiger partial charge is 0.406 e. The summed E-state index contributed by atoms with van der Waals surface area (Å²) >= 11 is 0. The molecular formula is C16H25F3N4O3. The predicted octanol–water partition coefficient (Wildman–Crippen LogP) is 0.610. The Morgan fingerprint density at radius 2 is 1.62 bits per heavy atom. The van der Waals surface area contributed by atoms with Gasteiger partial charge in [-0.05, 0) is 12.8 Å². The first-order valence-corrected chi connectivity index (χ1v) is 9.06. The molecule has 7 nitrogen and oxygen atoms in total. The molecule has 0 aromatic carbocycles. The van der Waals surface area contributed by atoms with Gasteiger partial charge in [-0.2, -0.15) is 13.2 Å². The quantitative estimate of drug-likeness (QED) is 0.707. The van der Waals surface area contributed by atoms with Crippen LogP contribution in [0.25, 0.3) is 0 Å². The number of halogens is 3. The van der Waals surface area contributed by atoms with Crippen LogP contribution in [-0.2, 0) is 9.53 Å². The van der Waals surface area contributed by atoms with Crippen LogP contribution in [0.4, 0.5) is 18.0 Å². The summed E-state index contributed by atoms with van der Waals surface area (Å²) in [6.45, 7) is 3.19. The molecule has 0 saturated carbocycles. The van der Waals surface area contributed by atoms with Gasteiger partial charge in [0.1, 0.15) is 6.54 Å². The van der Waals surface area contributed by atoms with Crippen LogP contribution in [0.15, 0.2) is 0 Å². The molecule has 1 unspecified atom stereocenters. The first kappa shape index (κ1) is 19.2. The number of amides is 3. The van der Waals surface area contributed by atoms with Crippen LogP contribution in [0.3, 0.4) is 0 Å². The average molecular weight is 378 g/mol. The summed E-state index contributed by atoms with van der Waals surface area (Å²) in [5.74, 6) is -0.443. The second-order valence-corrected chi connectivity index (χ2v) is 6.94. The van der Waals surface area contributed by atoms with Crippen molar-refractivity contribution in [3.8, 4) is 0 Å². The fourth-order valence-electron chi connectivity index (χ4n) is 3.81. The SMILES string of the molecule is O=C1C(N2CCN(C(=O)N3CCOCC3)CC2)CCCN1CC(F)(F)F. The highest BCUT2D eigenvalue weighted by molar-refractivity contribution is 5.82. The monoisotopic (exact) mass is 378 g/mol. The molecule has 1 atom stereocenters. The molecule has 0 bridgehead atoms. The molecule has 3 aliphatic rings. The van der Waals surface area contributed by atoms with Crippen molar-refractivity contribution < 1.29 is 27.5 Å². The Morgan fingerprint density at radius 1 is 1.00 bits per heavy atom. The molecule has 0 aromatic rings. The number of rotatable bonds is 2. The second kappa shape index (κ2) is 7.99. The highest BCUT2D eigenvalue weighted by atomic mass is 19.4. The van der Waals surface area contributed by atoms with E-state index in [4.69, 9.17) is 4.74 Å². The molecule has 3 rings (SSSR count). The predicted molar refractivity (Wildman–Crippen MR) is 86.6 cm³/mol. The molecule has 3 aliphatic heterocycles. The van der Waals surface area contributed by atoms with Crippen molar-refractivity contribution in [3.05, 3.63) is 0 Å². The first-order valence-electron chi connectivity index (χ1n) is 9.06. The molecule has 3 fully saturated rings. The van der Waals surface area contributed by atoms with Gasteiger partial charge in [0.15, 0.2) is 0 Å². The summed E-state index contributed by atoms with van der Waals surface area (Å²) in [6, 6.07) is -0.534. The molecule has 0 spiro atoms. The van der Waals surface area contributed by atoms with Gasteiger partial charge in [-0.25, -0.2) is 4.79 Å². The third-order valence-electron chi connectivity index (χ3n) is 5.18. The molecule has 3 heterocycles. The number of carbonyl (C=O) groups is 2. The van der Waals surface area contributed by atoms with Crippen molar-refractivity contribution in [2.45, 2.75) is 25.1 Å².